The third kappa shape index (κ3) is 12.5. The molecule has 1 aromatic heterocycles. The summed E-state index contributed by atoms with van der Waals surface area (Å²) in [5.41, 5.74) is 8.24. The van der Waals surface area contributed by atoms with E-state index in [1.807, 2.05) is 84.1 Å². The van der Waals surface area contributed by atoms with Gasteiger partial charge in [0.25, 0.3) is 0 Å². The first-order chi connectivity index (χ1) is 23.7. The second-order valence-corrected chi connectivity index (χ2v) is 11.5. The number of allylic oxidation sites excluding steroid dienone is 1. The van der Waals surface area contributed by atoms with Crippen molar-refractivity contribution in [2.24, 2.45) is 0 Å². The molecule has 0 spiro atoms. The van der Waals surface area contributed by atoms with Crippen LogP contribution in [0.25, 0.3) is 6.08 Å². The molecule has 0 unspecified atom stereocenters. The number of nitrogens with zero attached hydrogens (tertiary/aromatic N) is 2. The van der Waals surface area contributed by atoms with Crippen molar-refractivity contribution in [1.29, 1.82) is 0 Å². The standard InChI is InChI=1S/C24H20B.C11H15N2.2C5H5.Zr/c1-5-13-21(14-6-1)25(22-15-7-2-8-16-22,23-17-9-3-10-18-23)24-19-11-4-12-20-24;1-4-5-6-7-11-8-12-9(2)10(3)13-11;2*1-2-4-5-3-1;/h1-20H;7-8H,4-5H2,1-3H3;2*1-5H;/q2*-1;;;+2. The van der Waals surface area contributed by atoms with Gasteiger partial charge in [-0.15, -0.1) is 6.42 Å². The average molecular weight is 716 g/mol. The molecule has 2 nitrogen and oxygen atoms in total. The summed E-state index contributed by atoms with van der Waals surface area (Å²) in [4.78, 5) is 8.59. The van der Waals surface area contributed by atoms with E-state index in [1.54, 1.807) is 6.20 Å². The summed E-state index contributed by atoms with van der Waals surface area (Å²) in [7, 11) is 0. The maximum atomic E-state index is 4.36. The number of aromatic nitrogens is 2. The van der Waals surface area contributed by atoms with Crippen LogP contribution in [-0.4, -0.2) is 16.1 Å². The van der Waals surface area contributed by atoms with Gasteiger partial charge in [-0.25, -0.2) is 6.08 Å². The second kappa shape index (κ2) is 23.1. The van der Waals surface area contributed by atoms with Crippen molar-refractivity contribution in [1.82, 2.24) is 9.97 Å². The maximum Gasteiger partial charge on any atom is 2.00 e. The molecular formula is C45H45BN2Zr. The zero-order valence-corrected chi connectivity index (χ0v) is 31.3. The van der Waals surface area contributed by atoms with E-state index in [1.165, 1.54) is 21.9 Å². The third-order valence-corrected chi connectivity index (χ3v) is 8.16. The van der Waals surface area contributed by atoms with Crippen molar-refractivity contribution in [3.8, 4) is 0 Å². The first kappa shape index (κ1) is 40.1. The Morgan fingerprint density at radius 1 is 0.510 bits per heavy atom. The topological polar surface area (TPSA) is 25.8 Å². The van der Waals surface area contributed by atoms with Crippen LogP contribution < -0.4 is 21.9 Å². The molecule has 2 fully saturated rings. The number of benzene rings is 4. The normalized spacial score (nSPS) is 13.5. The van der Waals surface area contributed by atoms with E-state index in [0.29, 0.717) is 0 Å². The molecule has 5 aromatic rings. The van der Waals surface area contributed by atoms with Gasteiger partial charge < -0.3 is 4.98 Å². The Kier molecular flexibility index (Phi) is 18.9. The van der Waals surface area contributed by atoms with Gasteiger partial charge in [-0.1, -0.05) is 140 Å². The van der Waals surface area contributed by atoms with Crippen LogP contribution >= 0.6 is 0 Å². The van der Waals surface area contributed by atoms with Crippen LogP contribution in [-0.2, 0) is 26.2 Å². The predicted molar refractivity (Wildman–Crippen MR) is 207 cm³/mol. The first-order valence-electron chi connectivity index (χ1n) is 16.7. The van der Waals surface area contributed by atoms with Crippen molar-refractivity contribution >= 4 is 34.1 Å². The van der Waals surface area contributed by atoms with E-state index in [-0.39, 0.29) is 26.2 Å². The van der Waals surface area contributed by atoms with Crippen molar-refractivity contribution in [2.45, 2.75) is 33.6 Å². The molecule has 7 rings (SSSR count). The summed E-state index contributed by atoms with van der Waals surface area (Å²) in [6.45, 7) is 6.07. The number of aryl methyl sites for hydroxylation is 2. The zero-order valence-electron chi connectivity index (χ0n) is 28.9. The summed E-state index contributed by atoms with van der Waals surface area (Å²) in [5, 5.41) is 0. The van der Waals surface area contributed by atoms with Crippen molar-refractivity contribution in [3.63, 3.8) is 0 Å². The van der Waals surface area contributed by atoms with Crippen LogP contribution in [0.1, 0.15) is 36.8 Å². The number of hydrogen-bond acceptors (Lipinski definition) is 2. The first-order valence-corrected chi connectivity index (χ1v) is 16.7. The van der Waals surface area contributed by atoms with Gasteiger partial charge in [0.2, 0.25) is 0 Å². The van der Waals surface area contributed by atoms with Crippen LogP contribution in [0.2, 0.25) is 0 Å². The van der Waals surface area contributed by atoms with E-state index in [4.69, 9.17) is 0 Å². The fraction of sp³-hybridized carbons (Fsp3) is 0.111. The summed E-state index contributed by atoms with van der Waals surface area (Å²) in [5.74, 6) is 0. The predicted octanol–water partition coefficient (Wildman–Crippen LogP) is 7.81. The SMILES string of the molecule is CCC[C-]=Cc1cnc(C)c(C)n1.[CH]1[CH][CH][CH][CH]1.[CH]1[CH][CH][CH][CH]1.[Zr+2].c1ccc([B-](c2ccccc2)(c2ccccc2)c2ccccc2)cc1. The van der Waals surface area contributed by atoms with Gasteiger partial charge in [0.05, 0.1) is 5.69 Å². The summed E-state index contributed by atoms with van der Waals surface area (Å²) in [6.07, 6.45) is 27.7. The summed E-state index contributed by atoms with van der Waals surface area (Å²) in [6, 6.07) is 43.5. The molecule has 0 amide bonds. The van der Waals surface area contributed by atoms with Gasteiger partial charge in [-0.3, -0.25) is 11.1 Å². The fourth-order valence-corrected chi connectivity index (χ4v) is 5.71. The minimum Gasteiger partial charge on any atom is -0.345 e. The van der Waals surface area contributed by atoms with Crippen LogP contribution in [0.5, 0.6) is 0 Å². The molecule has 49 heavy (non-hydrogen) atoms. The minimum atomic E-state index is -1.22. The Labute approximate surface area is 317 Å². The van der Waals surface area contributed by atoms with E-state index < -0.39 is 6.15 Å². The Morgan fingerprint density at radius 2 is 0.837 bits per heavy atom. The zero-order chi connectivity index (χ0) is 33.7. The Hall–Kier alpha value is -3.35. The third-order valence-electron chi connectivity index (χ3n) is 8.16. The summed E-state index contributed by atoms with van der Waals surface area (Å²) >= 11 is 0. The second-order valence-electron chi connectivity index (χ2n) is 11.5. The van der Waals surface area contributed by atoms with E-state index in [9.17, 15) is 0 Å². The molecule has 1 heterocycles. The van der Waals surface area contributed by atoms with Gasteiger partial charge in [-0.2, -0.15) is 21.9 Å². The van der Waals surface area contributed by atoms with Gasteiger partial charge in [-0.05, 0) is 84.3 Å². The average Bonchev–Trinajstić information content (AvgIpc) is 3.94. The van der Waals surface area contributed by atoms with E-state index in [2.05, 4.69) is 144 Å². The van der Waals surface area contributed by atoms with Crippen molar-refractivity contribution in [2.75, 3.05) is 0 Å². The molecule has 2 aliphatic carbocycles. The number of rotatable bonds is 7. The van der Waals surface area contributed by atoms with Crippen LogP contribution in [0, 0.1) is 84.1 Å². The van der Waals surface area contributed by atoms with Crippen molar-refractivity contribution < 1.29 is 26.2 Å². The molecule has 4 heteroatoms. The molecule has 0 atom stereocenters. The van der Waals surface area contributed by atoms with Gasteiger partial charge in [0.15, 0.2) is 0 Å². The molecule has 0 bridgehead atoms. The molecule has 0 N–H and O–H groups in total. The van der Waals surface area contributed by atoms with Crippen LogP contribution in [0.3, 0.4) is 0 Å². The van der Waals surface area contributed by atoms with Crippen LogP contribution in [0.15, 0.2) is 128 Å². The molecule has 242 valence electrons. The quantitative estimate of drug-likeness (QED) is 0.127. The summed E-state index contributed by atoms with van der Waals surface area (Å²) < 4.78 is 0. The largest absolute Gasteiger partial charge is 2.00 e. The van der Waals surface area contributed by atoms with Gasteiger partial charge in [0, 0.05) is 5.69 Å². The van der Waals surface area contributed by atoms with E-state index >= 15 is 0 Å². The number of hydrogen-bond donors (Lipinski definition) is 0. The Bertz CT molecular complexity index is 1390. The van der Waals surface area contributed by atoms with Crippen molar-refractivity contribution in [3.05, 3.63) is 215 Å². The maximum absolute atomic E-state index is 4.36. The molecule has 2 aliphatic rings. The monoisotopic (exact) mass is 714 g/mol. The molecular weight excluding hydrogens is 671 g/mol. The molecule has 2 saturated carbocycles. The Morgan fingerprint density at radius 3 is 1.12 bits per heavy atom. The molecule has 0 saturated heterocycles. The number of unbranched alkanes of at least 4 members (excludes halogenated alkanes) is 1. The van der Waals surface area contributed by atoms with Gasteiger partial charge in [0.1, 0.15) is 6.15 Å². The van der Waals surface area contributed by atoms with Crippen LogP contribution in [0.4, 0.5) is 0 Å². The Balaban J connectivity index is 0.000000224. The molecule has 4 aromatic carbocycles. The van der Waals surface area contributed by atoms with Gasteiger partial charge >= 0.3 is 26.2 Å². The van der Waals surface area contributed by atoms with E-state index in [0.717, 1.165) is 29.9 Å². The smallest absolute Gasteiger partial charge is 0.345 e. The minimum absolute atomic E-state index is 0. The fourth-order valence-electron chi connectivity index (χ4n) is 5.71. The molecule has 10 radical (unpaired) electrons. The molecule has 0 aliphatic heterocycles.